The number of hydrogen-bond acceptors (Lipinski definition) is 8. The molecule has 8 heteroatoms. The molecule has 0 spiro atoms. The molecule has 2 atom stereocenters. The van der Waals surface area contributed by atoms with E-state index in [1.165, 1.54) is 0 Å². The fourth-order valence-electron chi connectivity index (χ4n) is 4.73. The SMILES string of the molecule is Cc1nc2cc(OC[C@@H](O)CN3CCN(Cc4c(C)noc4-c4ccccc4)C[C@H]3C)ccc2s1. The molecule has 0 saturated carbocycles. The molecule has 0 radical (unpaired) electrons. The first kappa shape index (κ1) is 23.9. The molecule has 1 saturated heterocycles. The third-order valence-electron chi connectivity index (χ3n) is 6.61. The average Bonchev–Trinajstić information content (AvgIpc) is 3.41. The number of ether oxygens (including phenoxy) is 1. The molecule has 1 aliphatic rings. The van der Waals surface area contributed by atoms with Gasteiger partial charge in [0, 0.05) is 56.0 Å². The van der Waals surface area contributed by atoms with Crippen LogP contribution in [0.2, 0.25) is 0 Å². The highest BCUT2D eigenvalue weighted by molar-refractivity contribution is 7.18. The number of nitrogens with zero attached hydrogens (tertiary/aromatic N) is 4. The minimum Gasteiger partial charge on any atom is -0.491 e. The van der Waals surface area contributed by atoms with Gasteiger partial charge in [-0.25, -0.2) is 4.98 Å². The van der Waals surface area contributed by atoms with Gasteiger partial charge < -0.3 is 14.4 Å². The standard InChI is InChI=1S/C27H32N4O3S/c1-18-14-30(16-24-19(2)29-34-27(24)21-7-5-4-6-8-21)11-12-31(18)15-22(32)17-33-23-9-10-26-25(13-23)28-20(3)35-26/h4-10,13,18,22,32H,11-12,14-17H2,1-3H3/t18-,22+/m1/s1. The molecule has 2 aromatic carbocycles. The van der Waals surface area contributed by atoms with Crippen LogP contribution in [-0.4, -0.2) is 70.0 Å². The number of β-amino-alcohol motifs (C(OH)–C–C–N with tert-alkyl or cyclic N) is 1. The van der Waals surface area contributed by atoms with E-state index in [4.69, 9.17) is 9.26 Å². The number of rotatable bonds is 8. The molecule has 4 aromatic rings. The summed E-state index contributed by atoms with van der Waals surface area (Å²) in [6.45, 7) is 10.6. The maximum Gasteiger partial charge on any atom is 0.171 e. The fraction of sp³-hybridized carbons (Fsp3) is 0.407. The van der Waals surface area contributed by atoms with Crippen LogP contribution in [-0.2, 0) is 6.54 Å². The molecule has 0 amide bonds. The predicted octanol–water partition coefficient (Wildman–Crippen LogP) is 4.51. The number of aromatic nitrogens is 2. The average molecular weight is 493 g/mol. The largest absolute Gasteiger partial charge is 0.491 e. The Morgan fingerprint density at radius 2 is 2.00 bits per heavy atom. The Labute approximate surface area is 209 Å². The van der Waals surface area contributed by atoms with E-state index >= 15 is 0 Å². The van der Waals surface area contributed by atoms with Crippen molar-refractivity contribution in [2.75, 3.05) is 32.8 Å². The minimum atomic E-state index is -0.554. The molecule has 0 aliphatic carbocycles. The highest BCUT2D eigenvalue weighted by Crippen LogP contribution is 2.28. The summed E-state index contributed by atoms with van der Waals surface area (Å²) in [5, 5.41) is 15.9. The summed E-state index contributed by atoms with van der Waals surface area (Å²) in [6.07, 6.45) is -0.554. The van der Waals surface area contributed by atoms with Crippen LogP contribution in [0.4, 0.5) is 0 Å². The Balaban J connectivity index is 1.13. The first-order chi connectivity index (χ1) is 17.0. The summed E-state index contributed by atoms with van der Waals surface area (Å²) in [5.41, 5.74) is 4.10. The summed E-state index contributed by atoms with van der Waals surface area (Å²) >= 11 is 1.67. The molecular weight excluding hydrogens is 460 g/mol. The van der Waals surface area contributed by atoms with E-state index in [1.807, 2.05) is 50.2 Å². The maximum atomic E-state index is 10.7. The van der Waals surface area contributed by atoms with Gasteiger partial charge in [-0.1, -0.05) is 35.5 Å². The van der Waals surface area contributed by atoms with Crippen LogP contribution < -0.4 is 4.74 Å². The van der Waals surface area contributed by atoms with Crippen LogP contribution in [0.15, 0.2) is 53.1 Å². The zero-order valence-corrected chi connectivity index (χ0v) is 21.3. The molecular formula is C27H32N4O3S. The lowest BCUT2D eigenvalue weighted by molar-refractivity contribution is 0.0196. The minimum absolute atomic E-state index is 0.266. The van der Waals surface area contributed by atoms with Crippen LogP contribution in [0.25, 0.3) is 21.5 Å². The van der Waals surface area contributed by atoms with Gasteiger partial charge in [0.2, 0.25) is 0 Å². The molecule has 1 aliphatic heterocycles. The van der Waals surface area contributed by atoms with Crippen molar-refractivity contribution < 1.29 is 14.4 Å². The zero-order valence-electron chi connectivity index (χ0n) is 20.5. The van der Waals surface area contributed by atoms with E-state index in [0.29, 0.717) is 12.6 Å². The van der Waals surface area contributed by atoms with Gasteiger partial charge in [0.1, 0.15) is 18.5 Å². The van der Waals surface area contributed by atoms with E-state index in [1.54, 1.807) is 11.3 Å². The number of aliphatic hydroxyl groups excluding tert-OH is 1. The van der Waals surface area contributed by atoms with E-state index in [9.17, 15) is 5.11 Å². The normalized spacial score (nSPS) is 18.2. The van der Waals surface area contributed by atoms with Gasteiger partial charge in [0.25, 0.3) is 0 Å². The van der Waals surface area contributed by atoms with Crippen molar-refractivity contribution in [3.63, 3.8) is 0 Å². The molecule has 0 bridgehead atoms. The van der Waals surface area contributed by atoms with Crippen molar-refractivity contribution in [3.05, 3.63) is 64.8 Å². The van der Waals surface area contributed by atoms with Crippen LogP contribution in [0, 0.1) is 13.8 Å². The van der Waals surface area contributed by atoms with Crippen molar-refractivity contribution in [2.45, 2.75) is 39.5 Å². The summed E-state index contributed by atoms with van der Waals surface area (Å²) in [7, 11) is 0. The van der Waals surface area contributed by atoms with Crippen LogP contribution in [0.5, 0.6) is 5.75 Å². The Morgan fingerprint density at radius 3 is 2.80 bits per heavy atom. The van der Waals surface area contributed by atoms with Crippen molar-refractivity contribution in [1.82, 2.24) is 19.9 Å². The van der Waals surface area contributed by atoms with Crippen LogP contribution in [0.1, 0.15) is 23.2 Å². The van der Waals surface area contributed by atoms with Gasteiger partial charge in [-0.15, -0.1) is 11.3 Å². The number of benzene rings is 2. The molecule has 7 nitrogen and oxygen atoms in total. The Morgan fingerprint density at radius 1 is 1.17 bits per heavy atom. The third kappa shape index (κ3) is 5.56. The smallest absolute Gasteiger partial charge is 0.171 e. The van der Waals surface area contributed by atoms with E-state index in [0.717, 1.165) is 69.7 Å². The number of hydrogen-bond donors (Lipinski definition) is 1. The molecule has 1 N–H and O–H groups in total. The van der Waals surface area contributed by atoms with Gasteiger partial charge in [-0.05, 0) is 32.9 Å². The van der Waals surface area contributed by atoms with Crippen molar-refractivity contribution in [1.29, 1.82) is 0 Å². The van der Waals surface area contributed by atoms with E-state index in [2.05, 4.69) is 39.0 Å². The third-order valence-corrected chi connectivity index (χ3v) is 7.56. The number of aryl methyl sites for hydroxylation is 2. The van der Waals surface area contributed by atoms with E-state index < -0.39 is 6.10 Å². The van der Waals surface area contributed by atoms with Gasteiger partial charge in [0.15, 0.2) is 5.76 Å². The first-order valence-electron chi connectivity index (χ1n) is 12.1. The monoisotopic (exact) mass is 492 g/mol. The summed E-state index contributed by atoms with van der Waals surface area (Å²) < 4.78 is 12.7. The van der Waals surface area contributed by atoms with Gasteiger partial charge >= 0.3 is 0 Å². The van der Waals surface area contributed by atoms with Crippen LogP contribution >= 0.6 is 11.3 Å². The molecule has 5 rings (SSSR count). The van der Waals surface area contributed by atoms with Crippen LogP contribution in [0.3, 0.4) is 0 Å². The summed E-state index contributed by atoms with van der Waals surface area (Å²) in [4.78, 5) is 9.31. The van der Waals surface area contributed by atoms with Crippen molar-refractivity contribution in [2.24, 2.45) is 0 Å². The van der Waals surface area contributed by atoms with Gasteiger partial charge in [0.05, 0.1) is 20.9 Å². The Bertz CT molecular complexity index is 1270. The summed E-state index contributed by atoms with van der Waals surface area (Å²) in [5.74, 6) is 1.61. The van der Waals surface area contributed by atoms with Gasteiger partial charge in [-0.3, -0.25) is 9.80 Å². The molecule has 35 heavy (non-hydrogen) atoms. The second-order valence-electron chi connectivity index (χ2n) is 9.35. The van der Waals surface area contributed by atoms with Gasteiger partial charge in [-0.2, -0.15) is 0 Å². The quantitative estimate of drug-likeness (QED) is 0.388. The molecule has 184 valence electrons. The topological polar surface area (TPSA) is 74.9 Å². The van der Waals surface area contributed by atoms with Crippen molar-refractivity contribution in [3.8, 4) is 17.1 Å². The number of piperazine rings is 1. The maximum absolute atomic E-state index is 10.7. The lowest BCUT2D eigenvalue weighted by Crippen LogP contribution is -2.53. The van der Waals surface area contributed by atoms with Crippen molar-refractivity contribution >= 4 is 21.6 Å². The molecule has 3 heterocycles. The predicted molar refractivity (Wildman–Crippen MR) is 139 cm³/mol. The second kappa shape index (κ2) is 10.5. The number of thiazole rings is 1. The van der Waals surface area contributed by atoms with E-state index in [-0.39, 0.29) is 6.61 Å². The second-order valence-corrected chi connectivity index (χ2v) is 10.6. The molecule has 2 aromatic heterocycles. The molecule has 0 unspecified atom stereocenters. The number of fused-ring (bicyclic) bond motifs is 1. The lowest BCUT2D eigenvalue weighted by Gasteiger charge is -2.40. The first-order valence-corrected chi connectivity index (χ1v) is 12.9. The highest BCUT2D eigenvalue weighted by atomic mass is 32.1. The fourth-order valence-corrected chi connectivity index (χ4v) is 5.54. The zero-order chi connectivity index (χ0) is 24.4. The number of aliphatic hydroxyl groups is 1. The highest BCUT2D eigenvalue weighted by Gasteiger charge is 2.27. The molecule has 1 fully saturated rings. The summed E-state index contributed by atoms with van der Waals surface area (Å²) in [6, 6.07) is 16.4. The Kier molecular flexibility index (Phi) is 7.15. The lowest BCUT2D eigenvalue weighted by atomic mass is 10.1. The Hall–Kier alpha value is -2.78.